The Hall–Kier alpha value is -4.01. The van der Waals surface area contributed by atoms with Crippen molar-refractivity contribution in [1.29, 1.82) is 0 Å². The van der Waals surface area contributed by atoms with Crippen molar-refractivity contribution < 1.29 is 24.9 Å². The second-order valence-corrected chi connectivity index (χ2v) is 13.1. The molecule has 8 heteroatoms. The van der Waals surface area contributed by atoms with Gasteiger partial charge < -0.3 is 29.9 Å². The molecule has 0 radical (unpaired) electrons. The van der Waals surface area contributed by atoms with E-state index in [0.29, 0.717) is 18.7 Å². The smallest absolute Gasteiger partial charge is 0.254 e. The maximum absolute atomic E-state index is 13.9. The topological polar surface area (TPSA) is 107 Å². The number of carbonyl (C=O) groups is 2. The predicted octanol–water partition coefficient (Wildman–Crippen LogP) is 0.960. The van der Waals surface area contributed by atoms with Crippen molar-refractivity contribution in [2.24, 2.45) is 0 Å². The van der Waals surface area contributed by atoms with Crippen LogP contribution in [0.5, 0.6) is 0 Å². The summed E-state index contributed by atoms with van der Waals surface area (Å²) in [6.07, 6.45) is 3.67. The SMILES string of the molecule is CN(CCC(=O)[O-])C(=O)c1ccccc1C1=c2cc3c(cc2C(C)(C)c2cc4c(cc21)CCCN4CCO)=[N+](CCO)CCC3. The van der Waals surface area contributed by atoms with Crippen LogP contribution in [0, 0.1) is 0 Å². The third-order valence-electron chi connectivity index (χ3n) is 9.92. The van der Waals surface area contributed by atoms with Gasteiger partial charge in [0.15, 0.2) is 6.54 Å². The van der Waals surface area contributed by atoms with Crippen LogP contribution in [0.2, 0.25) is 0 Å². The number of fused-ring (bicyclic) bond motifs is 4. The van der Waals surface area contributed by atoms with Gasteiger partial charge in [-0.2, -0.15) is 0 Å². The maximum Gasteiger partial charge on any atom is 0.254 e. The molecule has 0 saturated carbocycles. The van der Waals surface area contributed by atoms with Gasteiger partial charge in [-0.15, -0.1) is 0 Å². The fraction of sp³-hybridized carbons (Fsp3) is 0.432. The molecule has 2 N–H and O–H groups in total. The first-order valence-electron chi connectivity index (χ1n) is 16.1. The molecule has 0 fully saturated rings. The molecule has 0 atom stereocenters. The predicted molar refractivity (Wildman–Crippen MR) is 173 cm³/mol. The average molecular weight is 610 g/mol. The van der Waals surface area contributed by atoms with Gasteiger partial charge in [0, 0.05) is 73.8 Å². The Balaban J connectivity index is 1.68. The maximum atomic E-state index is 13.9. The first kappa shape index (κ1) is 31.0. The number of rotatable bonds is 9. The van der Waals surface area contributed by atoms with Gasteiger partial charge in [0.25, 0.3) is 5.91 Å². The zero-order valence-corrected chi connectivity index (χ0v) is 26.6. The number of hydrogen-bond acceptors (Lipinski definition) is 6. The molecule has 0 unspecified atom stereocenters. The van der Waals surface area contributed by atoms with Crippen molar-refractivity contribution in [1.82, 2.24) is 9.48 Å². The molecule has 1 aliphatic carbocycles. The van der Waals surface area contributed by atoms with Crippen molar-refractivity contribution in [3.8, 4) is 0 Å². The van der Waals surface area contributed by atoms with Gasteiger partial charge in [-0.05, 0) is 82.1 Å². The normalized spacial score (nSPS) is 16.4. The molecule has 2 heterocycles. The minimum absolute atomic E-state index is 0.0629. The van der Waals surface area contributed by atoms with Crippen molar-refractivity contribution in [3.05, 3.63) is 98.1 Å². The van der Waals surface area contributed by atoms with E-state index in [1.54, 1.807) is 7.05 Å². The zero-order chi connectivity index (χ0) is 31.9. The lowest BCUT2D eigenvalue weighted by atomic mass is 9.67. The number of anilines is 1. The van der Waals surface area contributed by atoms with Crippen LogP contribution in [0.25, 0.3) is 5.57 Å². The van der Waals surface area contributed by atoms with Crippen LogP contribution in [0.4, 0.5) is 5.69 Å². The van der Waals surface area contributed by atoms with Crippen LogP contribution >= 0.6 is 0 Å². The molecular formula is C37H43N3O5. The Bertz CT molecular complexity index is 1790. The first-order valence-corrected chi connectivity index (χ1v) is 16.1. The molecule has 6 rings (SSSR count). The van der Waals surface area contributed by atoms with Gasteiger partial charge in [-0.3, -0.25) is 4.79 Å². The van der Waals surface area contributed by atoms with Gasteiger partial charge in [0.2, 0.25) is 5.36 Å². The van der Waals surface area contributed by atoms with E-state index in [1.165, 1.54) is 27.2 Å². The second-order valence-electron chi connectivity index (χ2n) is 13.1. The van der Waals surface area contributed by atoms with Crippen LogP contribution in [0.15, 0.2) is 48.5 Å². The fourth-order valence-electron chi connectivity index (χ4n) is 7.60. The molecule has 3 aromatic rings. The number of aliphatic hydroxyl groups is 2. The number of carboxylic acids is 1. The lowest BCUT2D eigenvalue weighted by Crippen LogP contribution is -2.44. The fourth-order valence-corrected chi connectivity index (χ4v) is 7.60. The molecule has 0 saturated heterocycles. The number of nitrogens with zero attached hydrogens (tertiary/aromatic N) is 3. The van der Waals surface area contributed by atoms with E-state index in [-0.39, 0.29) is 37.5 Å². The molecule has 3 aliphatic rings. The van der Waals surface area contributed by atoms with Crippen LogP contribution in [0.1, 0.15) is 76.8 Å². The number of aliphatic hydroxyl groups excluding tert-OH is 2. The van der Waals surface area contributed by atoms with Gasteiger partial charge in [0.1, 0.15) is 13.2 Å². The summed E-state index contributed by atoms with van der Waals surface area (Å²) in [4.78, 5) is 28.8. The van der Waals surface area contributed by atoms with E-state index in [0.717, 1.165) is 71.7 Å². The highest BCUT2D eigenvalue weighted by Crippen LogP contribution is 2.44. The van der Waals surface area contributed by atoms with Crippen LogP contribution in [-0.4, -0.2) is 80.0 Å². The Kier molecular flexibility index (Phi) is 8.55. The minimum atomic E-state index is -1.19. The number of aryl methyl sites for hydroxylation is 2. The van der Waals surface area contributed by atoms with E-state index in [9.17, 15) is 24.9 Å². The van der Waals surface area contributed by atoms with E-state index in [1.807, 2.05) is 24.3 Å². The van der Waals surface area contributed by atoms with Crippen LogP contribution in [-0.2, 0) is 23.1 Å². The van der Waals surface area contributed by atoms with Gasteiger partial charge in [0.05, 0.1) is 6.61 Å². The van der Waals surface area contributed by atoms with Crippen molar-refractivity contribution >= 4 is 23.1 Å². The summed E-state index contributed by atoms with van der Waals surface area (Å²) in [5, 5.41) is 33.1. The monoisotopic (exact) mass is 609 g/mol. The summed E-state index contributed by atoms with van der Waals surface area (Å²) in [5.41, 5.74) is 9.11. The van der Waals surface area contributed by atoms with E-state index in [4.69, 9.17) is 0 Å². The third kappa shape index (κ3) is 5.55. The molecule has 2 aliphatic heterocycles. The van der Waals surface area contributed by atoms with E-state index < -0.39 is 5.97 Å². The Morgan fingerprint density at radius 3 is 2.51 bits per heavy atom. The third-order valence-corrected chi connectivity index (χ3v) is 9.92. The molecular weight excluding hydrogens is 566 g/mol. The van der Waals surface area contributed by atoms with Crippen molar-refractivity contribution in [2.45, 2.75) is 51.4 Å². The van der Waals surface area contributed by atoms with Crippen LogP contribution < -0.4 is 25.2 Å². The molecule has 0 bridgehead atoms. The van der Waals surface area contributed by atoms with Gasteiger partial charge in [-0.1, -0.05) is 32.0 Å². The Morgan fingerprint density at radius 2 is 1.76 bits per heavy atom. The molecule has 45 heavy (non-hydrogen) atoms. The quantitative estimate of drug-likeness (QED) is 0.350. The Labute approximate surface area is 264 Å². The highest BCUT2D eigenvalue weighted by atomic mass is 16.4. The number of hydrogen-bond donors (Lipinski definition) is 2. The summed E-state index contributed by atoms with van der Waals surface area (Å²) < 4.78 is 2.28. The summed E-state index contributed by atoms with van der Waals surface area (Å²) in [5.74, 6) is -1.42. The number of amides is 1. The van der Waals surface area contributed by atoms with E-state index in [2.05, 4.69) is 47.6 Å². The highest BCUT2D eigenvalue weighted by Gasteiger charge is 2.37. The summed E-state index contributed by atoms with van der Waals surface area (Å²) in [7, 11) is 1.64. The van der Waals surface area contributed by atoms with Crippen molar-refractivity contribution in [2.75, 3.05) is 57.9 Å². The van der Waals surface area contributed by atoms with Crippen LogP contribution in [0.3, 0.4) is 0 Å². The number of carboxylic acid groups (broad SMARTS) is 1. The average Bonchev–Trinajstić information content (AvgIpc) is 3.03. The lowest BCUT2D eigenvalue weighted by Gasteiger charge is -2.39. The second kappa shape index (κ2) is 12.4. The summed E-state index contributed by atoms with van der Waals surface area (Å²) in [6, 6.07) is 16.9. The van der Waals surface area contributed by atoms with E-state index >= 15 is 0 Å². The largest absolute Gasteiger partial charge is 0.550 e. The molecule has 1 amide bonds. The number of benzene rings is 3. The standard InChI is InChI=1S/C37H43N3O5/c1-37(2)30-22-32-24(8-6-13-39(32)16-18-41)20-28(30)35(26-10-4-5-11-27(26)36(45)38(3)15-12-34(43)44)29-21-25-9-7-14-40(17-19-42)33(25)23-31(29)37/h4-5,10-11,20-23,41-42H,6-9,12-19H2,1-3H3. The number of β-amino-alcohol motifs (C(OH)–C–C–N with tert-alkyl or cyclic N) is 2. The van der Waals surface area contributed by atoms with Crippen molar-refractivity contribution in [3.63, 3.8) is 0 Å². The summed E-state index contributed by atoms with van der Waals surface area (Å²) >= 11 is 0. The molecule has 8 nitrogen and oxygen atoms in total. The first-order chi connectivity index (χ1) is 21.6. The number of carbonyl (C=O) groups excluding carboxylic acids is 2. The molecule has 0 aromatic heterocycles. The molecule has 3 aromatic carbocycles. The zero-order valence-electron chi connectivity index (χ0n) is 26.6. The Morgan fingerprint density at radius 1 is 0.978 bits per heavy atom. The molecule has 236 valence electrons. The highest BCUT2D eigenvalue weighted by molar-refractivity contribution is 6.02. The summed E-state index contributed by atoms with van der Waals surface area (Å²) in [6.45, 7) is 7.75. The lowest BCUT2D eigenvalue weighted by molar-refractivity contribution is -0.305. The minimum Gasteiger partial charge on any atom is -0.550 e. The van der Waals surface area contributed by atoms with Gasteiger partial charge >= 0.3 is 0 Å². The number of aliphatic carboxylic acids is 1. The molecule has 0 spiro atoms. The van der Waals surface area contributed by atoms with Gasteiger partial charge in [-0.25, -0.2) is 4.58 Å².